The minimum atomic E-state index is 0.424. The molecule has 7 nitrogen and oxygen atoms in total. The van der Waals surface area contributed by atoms with Crippen molar-refractivity contribution in [1.29, 1.82) is 0 Å². The van der Waals surface area contributed by atoms with E-state index in [4.69, 9.17) is 9.51 Å². The topological polar surface area (TPSA) is 72.3 Å². The minimum Gasteiger partial charge on any atom is -0.354 e. The monoisotopic (exact) mass is 392 g/mol. The molecule has 6 rings (SSSR count). The number of hydrogen-bond donors (Lipinski definition) is 0. The molecule has 8 heteroatoms. The highest BCUT2D eigenvalue weighted by Crippen LogP contribution is 2.40. The van der Waals surface area contributed by atoms with Crippen LogP contribution >= 0.6 is 11.8 Å². The average molecular weight is 392 g/mol. The smallest absolute Gasteiger partial charge is 0.230 e. The molecule has 0 N–H and O–H groups in total. The van der Waals surface area contributed by atoms with Crippen LogP contribution in [0.5, 0.6) is 0 Å². The first-order valence-electron chi connectivity index (χ1n) is 9.72. The number of benzene rings is 1. The molecule has 0 bridgehead atoms. The molecule has 1 aliphatic heterocycles. The number of nitrogens with zero attached hydrogens (tertiary/aromatic N) is 6. The molecule has 142 valence electrons. The van der Waals surface area contributed by atoms with Crippen molar-refractivity contribution in [3.05, 3.63) is 36.0 Å². The van der Waals surface area contributed by atoms with Gasteiger partial charge in [0.25, 0.3) is 0 Å². The number of aromatic nitrogens is 5. The van der Waals surface area contributed by atoms with Crippen LogP contribution in [-0.2, 0) is 0 Å². The molecule has 2 fully saturated rings. The highest BCUT2D eigenvalue weighted by Gasteiger charge is 2.31. The van der Waals surface area contributed by atoms with E-state index in [1.807, 2.05) is 22.5 Å². The molecule has 1 saturated carbocycles. The van der Waals surface area contributed by atoms with E-state index in [2.05, 4.69) is 45.1 Å². The van der Waals surface area contributed by atoms with E-state index >= 15 is 0 Å². The van der Waals surface area contributed by atoms with Gasteiger partial charge in [-0.2, -0.15) is 16.7 Å². The quantitative estimate of drug-likeness (QED) is 0.527. The van der Waals surface area contributed by atoms with E-state index < -0.39 is 0 Å². The molecule has 3 aromatic heterocycles. The zero-order chi connectivity index (χ0) is 18.7. The molecule has 0 radical (unpaired) electrons. The van der Waals surface area contributed by atoms with Crippen LogP contribution in [0.4, 0.5) is 5.82 Å². The van der Waals surface area contributed by atoms with Crippen LogP contribution in [0.1, 0.15) is 30.2 Å². The van der Waals surface area contributed by atoms with Gasteiger partial charge in [-0.25, -0.2) is 9.97 Å². The maximum atomic E-state index is 5.46. The van der Waals surface area contributed by atoms with E-state index in [0.29, 0.717) is 17.4 Å². The van der Waals surface area contributed by atoms with Crippen molar-refractivity contribution in [3.8, 4) is 11.5 Å². The van der Waals surface area contributed by atoms with Gasteiger partial charge in [0, 0.05) is 35.9 Å². The van der Waals surface area contributed by atoms with Gasteiger partial charge in [0.2, 0.25) is 11.7 Å². The Labute approximate surface area is 166 Å². The summed E-state index contributed by atoms with van der Waals surface area (Å²) in [6.07, 6.45) is 4.08. The second kappa shape index (κ2) is 6.20. The van der Waals surface area contributed by atoms with Crippen LogP contribution < -0.4 is 4.90 Å². The van der Waals surface area contributed by atoms with Gasteiger partial charge >= 0.3 is 0 Å². The van der Waals surface area contributed by atoms with Gasteiger partial charge in [0.05, 0.1) is 5.52 Å². The number of imidazole rings is 1. The zero-order valence-corrected chi connectivity index (χ0v) is 16.4. The van der Waals surface area contributed by atoms with E-state index in [1.165, 1.54) is 10.9 Å². The standard InChI is InChI=1S/C20H20N6OS/c1-12-3-2-4-14-15(12)18(25-7-9-28-10-8-25)23-19-16(21-11-26(14)19)17-22-20(27-24-17)13-5-6-13/h2-4,11,13H,5-10H2,1H3. The lowest BCUT2D eigenvalue weighted by atomic mass is 10.1. The Morgan fingerprint density at radius 3 is 2.82 bits per heavy atom. The first-order chi connectivity index (χ1) is 13.8. The van der Waals surface area contributed by atoms with Gasteiger partial charge in [0.15, 0.2) is 11.3 Å². The van der Waals surface area contributed by atoms with E-state index in [1.54, 1.807) is 0 Å². The predicted octanol–water partition coefficient (Wildman–Crippen LogP) is 3.67. The summed E-state index contributed by atoms with van der Waals surface area (Å²) in [6.45, 7) is 4.17. The molecule has 0 atom stereocenters. The van der Waals surface area contributed by atoms with Gasteiger partial charge in [0.1, 0.15) is 12.1 Å². The first kappa shape index (κ1) is 16.4. The van der Waals surface area contributed by atoms with Crippen molar-refractivity contribution in [1.82, 2.24) is 24.5 Å². The first-order valence-corrected chi connectivity index (χ1v) is 10.9. The maximum absolute atomic E-state index is 5.46. The second-order valence-corrected chi connectivity index (χ2v) is 8.75. The number of hydrogen-bond acceptors (Lipinski definition) is 7. The lowest BCUT2D eigenvalue weighted by molar-refractivity contribution is 0.380. The normalized spacial score (nSPS) is 17.7. The largest absolute Gasteiger partial charge is 0.354 e. The Hall–Kier alpha value is -2.61. The highest BCUT2D eigenvalue weighted by molar-refractivity contribution is 7.99. The molecule has 28 heavy (non-hydrogen) atoms. The number of aryl methyl sites for hydroxylation is 1. The third-order valence-electron chi connectivity index (χ3n) is 5.58. The Bertz CT molecular complexity index is 1190. The van der Waals surface area contributed by atoms with Crippen LogP contribution in [0.15, 0.2) is 29.0 Å². The molecular weight excluding hydrogens is 372 g/mol. The third-order valence-corrected chi connectivity index (χ3v) is 6.52. The van der Waals surface area contributed by atoms with Gasteiger partial charge in [-0.15, -0.1) is 0 Å². The Morgan fingerprint density at radius 2 is 2.00 bits per heavy atom. The summed E-state index contributed by atoms with van der Waals surface area (Å²) in [4.78, 5) is 16.7. The van der Waals surface area contributed by atoms with E-state index in [0.717, 1.165) is 60.3 Å². The van der Waals surface area contributed by atoms with Gasteiger partial charge in [-0.05, 0) is 31.4 Å². The van der Waals surface area contributed by atoms with Crippen LogP contribution in [0.2, 0.25) is 0 Å². The van der Waals surface area contributed by atoms with Crippen LogP contribution in [0.3, 0.4) is 0 Å². The molecule has 0 amide bonds. The molecular formula is C20H20N6OS. The number of thioether (sulfide) groups is 1. The predicted molar refractivity (Wildman–Crippen MR) is 110 cm³/mol. The van der Waals surface area contributed by atoms with E-state index in [9.17, 15) is 0 Å². The molecule has 0 spiro atoms. The molecule has 0 unspecified atom stereocenters. The molecule has 1 saturated heterocycles. The zero-order valence-electron chi connectivity index (χ0n) is 15.6. The number of fused-ring (bicyclic) bond motifs is 3. The van der Waals surface area contributed by atoms with Crippen LogP contribution in [0.25, 0.3) is 28.1 Å². The van der Waals surface area contributed by atoms with Crippen molar-refractivity contribution < 1.29 is 4.52 Å². The lowest BCUT2D eigenvalue weighted by Crippen LogP contribution is -2.33. The average Bonchev–Trinajstić information content (AvgIpc) is 3.30. The maximum Gasteiger partial charge on any atom is 0.230 e. The second-order valence-electron chi connectivity index (χ2n) is 7.52. The summed E-state index contributed by atoms with van der Waals surface area (Å²) >= 11 is 2.00. The fraction of sp³-hybridized carbons (Fsp3) is 0.400. The lowest BCUT2D eigenvalue weighted by Gasteiger charge is -2.29. The molecule has 1 aliphatic carbocycles. The Balaban J connectivity index is 1.59. The Kier molecular flexibility index (Phi) is 3.62. The van der Waals surface area contributed by atoms with Gasteiger partial charge in [-0.3, -0.25) is 4.40 Å². The van der Waals surface area contributed by atoms with Gasteiger partial charge in [-0.1, -0.05) is 17.3 Å². The fourth-order valence-electron chi connectivity index (χ4n) is 3.91. The molecule has 1 aromatic carbocycles. The summed E-state index contributed by atoms with van der Waals surface area (Å²) in [7, 11) is 0. The Morgan fingerprint density at radius 1 is 1.14 bits per heavy atom. The number of rotatable bonds is 3. The highest BCUT2D eigenvalue weighted by atomic mass is 32.2. The summed E-state index contributed by atoms with van der Waals surface area (Å²) < 4.78 is 7.51. The molecule has 4 heterocycles. The van der Waals surface area contributed by atoms with Crippen molar-refractivity contribution in [2.24, 2.45) is 0 Å². The van der Waals surface area contributed by atoms with E-state index in [-0.39, 0.29) is 0 Å². The third kappa shape index (κ3) is 2.51. The fourth-order valence-corrected chi connectivity index (χ4v) is 4.82. The van der Waals surface area contributed by atoms with Crippen molar-refractivity contribution in [2.45, 2.75) is 25.7 Å². The van der Waals surface area contributed by atoms with Gasteiger partial charge < -0.3 is 9.42 Å². The van der Waals surface area contributed by atoms with Crippen LogP contribution in [0, 0.1) is 6.92 Å². The summed E-state index contributed by atoms with van der Waals surface area (Å²) in [5, 5.41) is 5.38. The van der Waals surface area contributed by atoms with Crippen molar-refractivity contribution in [3.63, 3.8) is 0 Å². The van der Waals surface area contributed by atoms with Crippen molar-refractivity contribution in [2.75, 3.05) is 29.5 Å². The van der Waals surface area contributed by atoms with Crippen molar-refractivity contribution >= 4 is 34.1 Å². The molecule has 4 aromatic rings. The summed E-state index contributed by atoms with van der Waals surface area (Å²) in [5.41, 5.74) is 3.81. The van der Waals surface area contributed by atoms with Crippen LogP contribution in [-0.4, -0.2) is 49.1 Å². The molecule has 2 aliphatic rings. The SMILES string of the molecule is Cc1cccc2c1c(N1CCSCC1)nc1c(-c3noc(C4CC4)n3)ncn12. The summed E-state index contributed by atoms with van der Waals surface area (Å²) in [6, 6.07) is 6.37. The summed E-state index contributed by atoms with van der Waals surface area (Å²) in [5.74, 6) is 4.97. The minimum absolute atomic E-state index is 0.424. The number of anilines is 1.